The number of halogens is 5. The highest BCUT2D eigenvalue weighted by atomic mass is 19.4. The van der Waals surface area contributed by atoms with Gasteiger partial charge in [0.25, 0.3) is 0 Å². The SMILES string of the molecule is CCCCCC1CCC(C2CCC(c3ccc(C4=CCC(c5ccc(OC(F)(F)F)c(F)c5)CC4)c(F)c3)CC2)CC1. The zero-order valence-corrected chi connectivity index (χ0v) is 24.8. The molecule has 2 saturated carbocycles. The molecule has 0 heterocycles. The average molecular weight is 589 g/mol. The van der Waals surface area contributed by atoms with Crippen LogP contribution < -0.4 is 4.74 Å². The summed E-state index contributed by atoms with van der Waals surface area (Å²) in [5, 5.41) is 0. The van der Waals surface area contributed by atoms with Gasteiger partial charge in [0.1, 0.15) is 5.82 Å². The number of unbranched alkanes of at least 4 members (excludes halogenated alkanes) is 2. The van der Waals surface area contributed by atoms with Gasteiger partial charge in [0.2, 0.25) is 0 Å². The lowest BCUT2D eigenvalue weighted by Gasteiger charge is -2.38. The van der Waals surface area contributed by atoms with Crippen LogP contribution in [0.1, 0.15) is 132 Å². The molecule has 0 radical (unpaired) electrons. The third-order valence-electron chi connectivity index (χ3n) is 10.4. The summed E-state index contributed by atoms with van der Waals surface area (Å²) in [6.45, 7) is 2.28. The average Bonchev–Trinajstić information content (AvgIpc) is 2.98. The molecule has 6 heteroatoms. The maximum atomic E-state index is 15.4. The molecule has 0 spiro atoms. The van der Waals surface area contributed by atoms with E-state index in [-0.39, 0.29) is 11.7 Å². The highest BCUT2D eigenvalue weighted by Gasteiger charge is 2.33. The Kier molecular flexibility index (Phi) is 10.3. The Morgan fingerprint density at radius 1 is 0.738 bits per heavy atom. The number of hydrogen-bond donors (Lipinski definition) is 0. The number of benzene rings is 2. The molecule has 1 atom stereocenters. The standard InChI is InChI=1S/C36H45F5O/c1-2-3-4-5-24-6-8-25(9-7-24)26-10-12-27(13-11-26)30-18-20-32(33(37)22-30)29-16-14-28(15-17-29)31-19-21-35(34(38)23-31)42-36(39,40)41/h16,18-28H,2-15,17H2,1H3. The Morgan fingerprint density at radius 2 is 1.38 bits per heavy atom. The number of rotatable bonds is 9. The minimum Gasteiger partial charge on any atom is -0.403 e. The minimum absolute atomic E-state index is 0.0307. The van der Waals surface area contributed by atoms with Crippen molar-refractivity contribution < 1.29 is 26.7 Å². The van der Waals surface area contributed by atoms with E-state index in [4.69, 9.17) is 0 Å². The summed E-state index contributed by atoms with van der Waals surface area (Å²) >= 11 is 0. The van der Waals surface area contributed by atoms with Crippen molar-refractivity contribution in [3.8, 4) is 5.75 Å². The molecular formula is C36H45F5O. The molecule has 1 unspecified atom stereocenters. The van der Waals surface area contributed by atoms with Crippen molar-refractivity contribution in [3.63, 3.8) is 0 Å². The Labute approximate surface area is 247 Å². The van der Waals surface area contributed by atoms with Crippen molar-refractivity contribution in [2.75, 3.05) is 0 Å². The molecule has 230 valence electrons. The fourth-order valence-corrected chi connectivity index (χ4v) is 7.96. The van der Waals surface area contributed by atoms with E-state index in [1.54, 1.807) is 6.07 Å². The fourth-order valence-electron chi connectivity index (χ4n) is 7.96. The second-order valence-corrected chi connectivity index (χ2v) is 13.1. The number of hydrogen-bond acceptors (Lipinski definition) is 1. The summed E-state index contributed by atoms with van der Waals surface area (Å²) in [7, 11) is 0. The first-order valence-corrected chi connectivity index (χ1v) is 16.2. The van der Waals surface area contributed by atoms with Gasteiger partial charge in [0.05, 0.1) is 0 Å². The Hall–Kier alpha value is -2.37. The summed E-state index contributed by atoms with van der Waals surface area (Å²) in [4.78, 5) is 0. The molecule has 0 saturated heterocycles. The first kappa shape index (κ1) is 31.1. The van der Waals surface area contributed by atoms with Crippen molar-refractivity contribution in [1.82, 2.24) is 0 Å². The van der Waals surface area contributed by atoms with Crippen LogP contribution in [0.3, 0.4) is 0 Å². The fraction of sp³-hybridized carbons (Fsp3) is 0.611. The second kappa shape index (κ2) is 13.9. The van der Waals surface area contributed by atoms with Crippen LogP contribution in [0.25, 0.3) is 5.57 Å². The molecule has 0 N–H and O–H groups in total. The Balaban J connectivity index is 1.12. The van der Waals surface area contributed by atoms with Crippen molar-refractivity contribution >= 4 is 5.57 Å². The van der Waals surface area contributed by atoms with E-state index in [1.807, 2.05) is 12.1 Å². The first-order chi connectivity index (χ1) is 20.2. The first-order valence-electron chi connectivity index (χ1n) is 16.2. The van der Waals surface area contributed by atoms with E-state index in [9.17, 15) is 17.6 Å². The molecular weight excluding hydrogens is 543 g/mol. The molecule has 0 amide bonds. The molecule has 0 aromatic heterocycles. The second-order valence-electron chi connectivity index (χ2n) is 13.1. The highest BCUT2D eigenvalue weighted by molar-refractivity contribution is 5.67. The van der Waals surface area contributed by atoms with Crippen LogP contribution >= 0.6 is 0 Å². The zero-order valence-electron chi connectivity index (χ0n) is 24.8. The van der Waals surface area contributed by atoms with Crippen molar-refractivity contribution in [3.05, 3.63) is 70.8 Å². The van der Waals surface area contributed by atoms with Crippen LogP contribution in [-0.4, -0.2) is 6.36 Å². The zero-order chi connectivity index (χ0) is 29.7. The van der Waals surface area contributed by atoms with Crippen LogP contribution in [0.2, 0.25) is 0 Å². The van der Waals surface area contributed by atoms with Gasteiger partial charge >= 0.3 is 6.36 Å². The minimum atomic E-state index is -4.93. The van der Waals surface area contributed by atoms with Crippen molar-refractivity contribution in [1.29, 1.82) is 0 Å². The summed E-state index contributed by atoms with van der Waals surface area (Å²) < 4.78 is 70.7. The van der Waals surface area contributed by atoms with Crippen LogP contribution in [0.5, 0.6) is 5.75 Å². The molecule has 5 rings (SSSR count). The normalized spacial score (nSPS) is 27.0. The van der Waals surface area contributed by atoms with Gasteiger partial charge in [-0.1, -0.05) is 69.7 Å². The van der Waals surface area contributed by atoms with Gasteiger partial charge in [-0.3, -0.25) is 0 Å². The van der Waals surface area contributed by atoms with E-state index in [1.165, 1.54) is 70.3 Å². The Bertz CT molecular complexity index is 1200. The van der Waals surface area contributed by atoms with Gasteiger partial charge in [-0.25, -0.2) is 8.78 Å². The lowest BCUT2D eigenvalue weighted by Crippen LogP contribution is -2.25. The maximum absolute atomic E-state index is 15.4. The van der Waals surface area contributed by atoms with Gasteiger partial charge < -0.3 is 4.74 Å². The summed E-state index contributed by atoms with van der Waals surface area (Å²) in [6.07, 6.45) is 14.9. The van der Waals surface area contributed by atoms with Gasteiger partial charge in [0.15, 0.2) is 11.6 Å². The predicted octanol–water partition coefficient (Wildman–Crippen LogP) is 11.9. The smallest absolute Gasteiger partial charge is 0.403 e. The number of alkyl halides is 3. The third-order valence-corrected chi connectivity index (χ3v) is 10.4. The molecule has 2 fully saturated rings. The van der Waals surface area contributed by atoms with Crippen molar-refractivity contribution in [2.24, 2.45) is 17.8 Å². The van der Waals surface area contributed by atoms with Crippen LogP contribution in [0.15, 0.2) is 42.5 Å². The third kappa shape index (κ3) is 7.96. The van der Waals surface area contributed by atoms with E-state index in [0.29, 0.717) is 36.3 Å². The summed E-state index contributed by atoms with van der Waals surface area (Å²) in [5.74, 6) is 1.04. The van der Waals surface area contributed by atoms with E-state index in [0.717, 1.165) is 53.9 Å². The molecule has 3 aliphatic carbocycles. The molecule has 0 aliphatic heterocycles. The molecule has 3 aliphatic rings. The van der Waals surface area contributed by atoms with Crippen LogP contribution in [-0.2, 0) is 0 Å². The number of allylic oxidation sites excluding steroid dienone is 2. The highest BCUT2D eigenvalue weighted by Crippen LogP contribution is 2.45. The van der Waals surface area contributed by atoms with Gasteiger partial charge in [-0.2, -0.15) is 0 Å². The summed E-state index contributed by atoms with van der Waals surface area (Å²) in [5.41, 5.74) is 3.31. The molecule has 1 nitrogen and oxygen atoms in total. The quantitative estimate of drug-likeness (QED) is 0.209. The lowest BCUT2D eigenvalue weighted by atomic mass is 9.68. The van der Waals surface area contributed by atoms with Gasteiger partial charge in [-0.05, 0) is 122 Å². The maximum Gasteiger partial charge on any atom is 0.573 e. The molecule has 2 aromatic rings. The van der Waals surface area contributed by atoms with E-state index >= 15 is 4.39 Å². The number of ether oxygens (including phenoxy) is 1. The monoisotopic (exact) mass is 588 g/mol. The molecule has 2 aromatic carbocycles. The van der Waals surface area contributed by atoms with E-state index in [2.05, 4.69) is 17.7 Å². The van der Waals surface area contributed by atoms with Crippen molar-refractivity contribution in [2.45, 2.75) is 121 Å². The Morgan fingerprint density at radius 3 is 1.98 bits per heavy atom. The largest absolute Gasteiger partial charge is 0.573 e. The van der Waals surface area contributed by atoms with Gasteiger partial charge in [-0.15, -0.1) is 13.2 Å². The predicted molar refractivity (Wildman–Crippen MR) is 158 cm³/mol. The lowest BCUT2D eigenvalue weighted by molar-refractivity contribution is -0.275. The molecule has 0 bridgehead atoms. The summed E-state index contributed by atoms with van der Waals surface area (Å²) in [6, 6.07) is 9.40. The molecule has 42 heavy (non-hydrogen) atoms. The van der Waals surface area contributed by atoms with Crippen LogP contribution in [0.4, 0.5) is 22.0 Å². The topological polar surface area (TPSA) is 9.23 Å². The van der Waals surface area contributed by atoms with Crippen LogP contribution in [0, 0.1) is 29.4 Å². The van der Waals surface area contributed by atoms with E-state index < -0.39 is 17.9 Å². The van der Waals surface area contributed by atoms with Gasteiger partial charge in [0, 0.05) is 5.56 Å².